The molecule has 2 aromatic heterocycles. The van der Waals surface area contributed by atoms with Crippen molar-refractivity contribution in [2.45, 2.75) is 0 Å². The fourth-order valence-corrected chi connectivity index (χ4v) is 2.00. The zero-order valence-electron chi connectivity index (χ0n) is 8.10. The number of hydrogen-bond donors (Lipinski definition) is 1. The maximum absolute atomic E-state index is 11.3. The van der Waals surface area contributed by atoms with E-state index in [1.165, 1.54) is 11.3 Å². The smallest absolute Gasteiger partial charge is 0.262 e. The summed E-state index contributed by atoms with van der Waals surface area (Å²) in [6, 6.07) is 3.74. The highest BCUT2D eigenvalue weighted by atomic mass is 32.1. The van der Waals surface area contributed by atoms with Crippen molar-refractivity contribution in [3.63, 3.8) is 0 Å². The Kier molecular flexibility index (Phi) is 2.73. The molecule has 0 saturated heterocycles. The van der Waals surface area contributed by atoms with Crippen molar-refractivity contribution in [1.29, 1.82) is 0 Å². The summed E-state index contributed by atoms with van der Waals surface area (Å²) in [5.74, 6) is -0.104. The first-order chi connectivity index (χ1) is 7.31. The van der Waals surface area contributed by atoms with E-state index < -0.39 is 0 Å². The van der Waals surface area contributed by atoms with Crippen LogP contribution < -0.4 is 5.32 Å². The van der Waals surface area contributed by atoms with E-state index in [9.17, 15) is 4.79 Å². The zero-order chi connectivity index (χ0) is 10.7. The minimum Gasteiger partial charge on any atom is -0.354 e. The van der Waals surface area contributed by atoms with Crippen LogP contribution in [0.25, 0.3) is 10.6 Å². The summed E-state index contributed by atoms with van der Waals surface area (Å²) < 4.78 is 0. The third-order valence-electron chi connectivity index (χ3n) is 1.88. The van der Waals surface area contributed by atoms with E-state index in [1.807, 2.05) is 12.1 Å². The van der Waals surface area contributed by atoms with Crippen molar-refractivity contribution in [3.8, 4) is 10.6 Å². The predicted molar refractivity (Wildman–Crippen MR) is 58.7 cm³/mol. The number of rotatable bonds is 2. The Balaban J connectivity index is 2.32. The molecule has 0 atom stereocenters. The van der Waals surface area contributed by atoms with Crippen LogP contribution in [0, 0.1) is 0 Å². The second kappa shape index (κ2) is 4.18. The molecule has 0 aliphatic rings. The second-order valence-corrected chi connectivity index (χ2v) is 3.88. The number of nitrogens with zero attached hydrogens (tertiary/aromatic N) is 2. The van der Waals surface area contributed by atoms with E-state index in [0.29, 0.717) is 4.88 Å². The van der Waals surface area contributed by atoms with Gasteiger partial charge in [-0.25, -0.2) is 4.98 Å². The molecular formula is C10H9N3OS. The van der Waals surface area contributed by atoms with Crippen LogP contribution in [0.4, 0.5) is 0 Å². The molecule has 1 N–H and O–H groups in total. The zero-order valence-corrected chi connectivity index (χ0v) is 8.91. The van der Waals surface area contributed by atoms with Gasteiger partial charge in [0.25, 0.3) is 5.91 Å². The summed E-state index contributed by atoms with van der Waals surface area (Å²) in [6.07, 6.45) is 4.99. The van der Waals surface area contributed by atoms with Gasteiger partial charge < -0.3 is 5.32 Å². The van der Waals surface area contributed by atoms with Gasteiger partial charge in [-0.2, -0.15) is 0 Å². The topological polar surface area (TPSA) is 54.9 Å². The Hall–Kier alpha value is -1.75. The van der Waals surface area contributed by atoms with E-state index in [4.69, 9.17) is 0 Å². The van der Waals surface area contributed by atoms with Crippen LogP contribution >= 0.6 is 11.3 Å². The second-order valence-electron chi connectivity index (χ2n) is 2.84. The number of amides is 1. The van der Waals surface area contributed by atoms with Gasteiger partial charge in [-0.15, -0.1) is 11.3 Å². The van der Waals surface area contributed by atoms with Crippen molar-refractivity contribution in [2.24, 2.45) is 0 Å². The van der Waals surface area contributed by atoms with Gasteiger partial charge in [-0.1, -0.05) is 0 Å². The van der Waals surface area contributed by atoms with Crippen LogP contribution in [-0.2, 0) is 0 Å². The number of hydrogen-bond acceptors (Lipinski definition) is 4. The molecule has 0 aliphatic carbocycles. The number of thiazole rings is 1. The van der Waals surface area contributed by atoms with Gasteiger partial charge >= 0.3 is 0 Å². The lowest BCUT2D eigenvalue weighted by Gasteiger charge is -1.93. The quantitative estimate of drug-likeness (QED) is 0.834. The molecule has 0 aromatic carbocycles. The summed E-state index contributed by atoms with van der Waals surface area (Å²) in [4.78, 5) is 20.0. The van der Waals surface area contributed by atoms with E-state index in [2.05, 4.69) is 15.3 Å². The molecule has 0 radical (unpaired) electrons. The number of carbonyl (C=O) groups excluding carboxylic acids is 1. The lowest BCUT2D eigenvalue weighted by Crippen LogP contribution is -2.16. The predicted octanol–water partition coefficient (Wildman–Crippen LogP) is 1.56. The molecule has 2 aromatic rings. The lowest BCUT2D eigenvalue weighted by molar-refractivity contribution is 0.0967. The summed E-state index contributed by atoms with van der Waals surface area (Å²) >= 11 is 1.37. The van der Waals surface area contributed by atoms with E-state index in [-0.39, 0.29) is 5.91 Å². The van der Waals surface area contributed by atoms with Gasteiger partial charge in [0.15, 0.2) is 0 Å². The third kappa shape index (κ3) is 2.02. The Labute approximate surface area is 91.0 Å². The van der Waals surface area contributed by atoms with Gasteiger partial charge in [0.05, 0.1) is 6.20 Å². The van der Waals surface area contributed by atoms with Crippen molar-refractivity contribution in [1.82, 2.24) is 15.3 Å². The summed E-state index contributed by atoms with van der Waals surface area (Å²) in [5.41, 5.74) is 0.977. The van der Waals surface area contributed by atoms with Crippen LogP contribution in [0.5, 0.6) is 0 Å². The Bertz CT molecular complexity index is 467. The molecule has 0 spiro atoms. The molecule has 0 unspecified atom stereocenters. The monoisotopic (exact) mass is 219 g/mol. The van der Waals surface area contributed by atoms with Gasteiger partial charge in [0.1, 0.15) is 9.88 Å². The van der Waals surface area contributed by atoms with E-state index >= 15 is 0 Å². The first-order valence-electron chi connectivity index (χ1n) is 4.39. The number of nitrogens with one attached hydrogen (secondary N) is 1. The minimum atomic E-state index is -0.104. The first kappa shape index (κ1) is 9.79. The fraction of sp³-hybridized carbons (Fsp3) is 0.100. The van der Waals surface area contributed by atoms with Crippen LogP contribution in [0.1, 0.15) is 9.67 Å². The summed E-state index contributed by atoms with van der Waals surface area (Å²) in [6.45, 7) is 0. The third-order valence-corrected chi connectivity index (χ3v) is 2.93. The van der Waals surface area contributed by atoms with Gasteiger partial charge in [-0.3, -0.25) is 9.78 Å². The SMILES string of the molecule is CNC(=O)c1cnc(-c2ccncc2)s1. The molecule has 0 fully saturated rings. The highest BCUT2D eigenvalue weighted by Gasteiger charge is 2.09. The molecule has 4 nitrogen and oxygen atoms in total. The normalized spacial score (nSPS) is 9.93. The maximum atomic E-state index is 11.3. The standard InChI is InChI=1S/C10H9N3OS/c1-11-9(14)8-6-13-10(15-8)7-2-4-12-5-3-7/h2-6H,1H3,(H,11,14). The van der Waals surface area contributed by atoms with Crippen LogP contribution in [0.15, 0.2) is 30.7 Å². The molecule has 76 valence electrons. The van der Waals surface area contributed by atoms with Crippen molar-refractivity contribution >= 4 is 17.2 Å². The van der Waals surface area contributed by atoms with Crippen LogP contribution in [0.2, 0.25) is 0 Å². The molecule has 0 saturated carbocycles. The van der Waals surface area contributed by atoms with Gasteiger partial charge in [0, 0.05) is 25.0 Å². The van der Waals surface area contributed by atoms with E-state index in [1.54, 1.807) is 25.6 Å². The van der Waals surface area contributed by atoms with Gasteiger partial charge in [-0.05, 0) is 12.1 Å². The molecule has 2 heterocycles. The number of aromatic nitrogens is 2. The molecule has 1 amide bonds. The Morgan fingerprint density at radius 1 is 1.40 bits per heavy atom. The highest BCUT2D eigenvalue weighted by molar-refractivity contribution is 7.16. The largest absolute Gasteiger partial charge is 0.354 e. The first-order valence-corrected chi connectivity index (χ1v) is 5.21. The molecule has 5 heteroatoms. The highest BCUT2D eigenvalue weighted by Crippen LogP contribution is 2.24. The average molecular weight is 219 g/mol. The Morgan fingerprint density at radius 2 is 2.13 bits per heavy atom. The molecule has 0 aliphatic heterocycles. The minimum absolute atomic E-state index is 0.104. The molecule has 0 bridgehead atoms. The molecular weight excluding hydrogens is 210 g/mol. The summed E-state index contributed by atoms with van der Waals surface area (Å²) in [7, 11) is 1.61. The average Bonchev–Trinajstić information content (AvgIpc) is 2.78. The van der Waals surface area contributed by atoms with Crippen LogP contribution in [-0.4, -0.2) is 22.9 Å². The Morgan fingerprint density at radius 3 is 2.80 bits per heavy atom. The van der Waals surface area contributed by atoms with Crippen molar-refractivity contribution in [3.05, 3.63) is 35.6 Å². The van der Waals surface area contributed by atoms with E-state index in [0.717, 1.165) is 10.6 Å². The van der Waals surface area contributed by atoms with Crippen LogP contribution in [0.3, 0.4) is 0 Å². The summed E-state index contributed by atoms with van der Waals surface area (Å²) in [5, 5.41) is 3.39. The van der Waals surface area contributed by atoms with Gasteiger partial charge in [0.2, 0.25) is 0 Å². The van der Waals surface area contributed by atoms with Crippen molar-refractivity contribution in [2.75, 3.05) is 7.05 Å². The lowest BCUT2D eigenvalue weighted by atomic mass is 10.3. The molecule has 15 heavy (non-hydrogen) atoms. The number of pyridine rings is 1. The fourth-order valence-electron chi connectivity index (χ4n) is 1.13. The molecule has 2 rings (SSSR count). The van der Waals surface area contributed by atoms with Crippen molar-refractivity contribution < 1.29 is 4.79 Å². The number of carbonyl (C=O) groups is 1. The maximum Gasteiger partial charge on any atom is 0.262 e.